The highest BCUT2D eigenvalue weighted by atomic mass is 32.1. The summed E-state index contributed by atoms with van der Waals surface area (Å²) in [5.41, 5.74) is 0.356. The molecule has 0 fully saturated rings. The van der Waals surface area contributed by atoms with Crippen LogP contribution in [-0.4, -0.2) is 10.4 Å². The van der Waals surface area contributed by atoms with E-state index >= 15 is 0 Å². The van der Waals surface area contributed by atoms with Gasteiger partial charge in [0.1, 0.15) is 5.56 Å². The molecule has 1 radical (unpaired) electrons. The molecule has 1 aromatic carbocycles. The van der Waals surface area contributed by atoms with E-state index in [-0.39, 0.29) is 15.4 Å². The average Bonchev–Trinajstić information content (AvgIpc) is 2.04. The van der Waals surface area contributed by atoms with Crippen LogP contribution in [0.1, 0.15) is 5.56 Å². The molecular weight excluding hydrogens is 162 g/mol. The van der Waals surface area contributed by atoms with Crippen molar-refractivity contribution in [2.75, 3.05) is 0 Å². The van der Waals surface area contributed by atoms with Gasteiger partial charge in [-0.3, -0.25) is 4.79 Å². The number of para-hydroxylation sites is 1. The van der Waals surface area contributed by atoms with E-state index in [0.717, 1.165) is 0 Å². The first-order valence-electron chi connectivity index (χ1n) is 2.87. The van der Waals surface area contributed by atoms with Gasteiger partial charge in [-0.2, -0.15) is 0 Å². The maximum Gasteiger partial charge on any atom is 0.284 e. The molecule has 1 rings (SSSR count). The van der Waals surface area contributed by atoms with Gasteiger partial charge in [-0.1, -0.05) is 16.2 Å². The quantitative estimate of drug-likeness (QED) is 0.486. The smallest absolute Gasteiger partial charge is 0.284 e. The van der Waals surface area contributed by atoms with Gasteiger partial charge in [-0.15, -0.1) is 0 Å². The second kappa shape index (κ2) is 3.21. The number of rotatable bonds is 2. The molecule has 1 aromatic rings. The van der Waals surface area contributed by atoms with Crippen molar-refractivity contribution in [2.45, 2.75) is 0 Å². The SMILES string of the molecule is O=[C]c1ccccc1[N+]([O-])=S. The van der Waals surface area contributed by atoms with Crippen LogP contribution >= 0.6 is 0 Å². The predicted molar refractivity (Wildman–Crippen MR) is 41.9 cm³/mol. The van der Waals surface area contributed by atoms with E-state index in [1.807, 2.05) is 0 Å². The van der Waals surface area contributed by atoms with Gasteiger partial charge in [0.05, 0.1) is 0 Å². The molecule has 55 valence electrons. The maximum atomic E-state index is 10.6. The van der Waals surface area contributed by atoms with Crippen LogP contribution in [-0.2, 0) is 17.2 Å². The summed E-state index contributed by atoms with van der Waals surface area (Å²) in [5.74, 6) is 0. The Balaban J connectivity index is 3.22. The van der Waals surface area contributed by atoms with Crippen LogP contribution in [0.3, 0.4) is 0 Å². The molecular formula is C7H4NO2S. The molecule has 0 heterocycles. The molecule has 0 saturated carbocycles. The summed E-state index contributed by atoms with van der Waals surface area (Å²) in [6.07, 6.45) is 1.62. The molecule has 11 heavy (non-hydrogen) atoms. The molecule has 0 aliphatic heterocycles. The summed E-state index contributed by atoms with van der Waals surface area (Å²) in [4.78, 5) is 10.2. The van der Waals surface area contributed by atoms with E-state index in [1.165, 1.54) is 12.1 Å². The van der Waals surface area contributed by atoms with Crippen molar-refractivity contribution in [1.29, 1.82) is 0 Å². The number of nitrogens with zero attached hydrogens (tertiary/aromatic N) is 1. The lowest BCUT2D eigenvalue weighted by Gasteiger charge is -1.97. The van der Waals surface area contributed by atoms with Crippen LogP contribution in [0.2, 0.25) is 0 Å². The second-order valence-electron chi connectivity index (χ2n) is 1.88. The Kier molecular flexibility index (Phi) is 2.28. The molecule has 4 heteroatoms. The normalized spacial score (nSPS) is 9.09. The van der Waals surface area contributed by atoms with E-state index in [9.17, 15) is 10.0 Å². The lowest BCUT2D eigenvalue weighted by atomic mass is 10.2. The van der Waals surface area contributed by atoms with E-state index < -0.39 is 0 Å². The van der Waals surface area contributed by atoms with E-state index in [2.05, 4.69) is 12.4 Å². The highest BCUT2D eigenvalue weighted by molar-refractivity contribution is 7.44. The fourth-order valence-electron chi connectivity index (χ4n) is 0.719. The molecule has 0 unspecified atom stereocenters. The fourth-order valence-corrected chi connectivity index (χ4v) is 0.878. The van der Waals surface area contributed by atoms with Crippen molar-refractivity contribution in [3.05, 3.63) is 35.0 Å². The van der Waals surface area contributed by atoms with Crippen molar-refractivity contribution < 1.29 is 8.90 Å². The summed E-state index contributed by atoms with van der Waals surface area (Å²) in [6.45, 7) is 0. The molecule has 3 nitrogen and oxygen atoms in total. The maximum absolute atomic E-state index is 10.6. The van der Waals surface area contributed by atoms with Crippen molar-refractivity contribution in [2.24, 2.45) is 0 Å². The summed E-state index contributed by atoms with van der Waals surface area (Å²) in [5, 5.41) is 10.6. The monoisotopic (exact) mass is 166 g/mol. The van der Waals surface area contributed by atoms with E-state index in [4.69, 9.17) is 0 Å². The predicted octanol–water partition coefficient (Wildman–Crippen LogP) is 1.02. The van der Waals surface area contributed by atoms with Gasteiger partial charge in [0.2, 0.25) is 12.0 Å². The third-order valence-electron chi connectivity index (χ3n) is 1.21. The van der Waals surface area contributed by atoms with Gasteiger partial charge in [0.15, 0.2) is 0 Å². The molecule has 0 aliphatic rings. The zero-order valence-corrected chi connectivity index (χ0v) is 6.30. The van der Waals surface area contributed by atoms with Gasteiger partial charge in [0, 0.05) is 6.07 Å². The molecule has 0 atom stereocenters. The Hall–Kier alpha value is -1.29. The second-order valence-corrected chi connectivity index (χ2v) is 2.21. The van der Waals surface area contributed by atoms with Crippen LogP contribution < -0.4 is 0 Å². The van der Waals surface area contributed by atoms with Crippen molar-refractivity contribution in [3.63, 3.8) is 0 Å². The zero-order valence-electron chi connectivity index (χ0n) is 5.48. The van der Waals surface area contributed by atoms with E-state index in [0.29, 0.717) is 0 Å². The summed E-state index contributed by atoms with van der Waals surface area (Å²) in [6, 6.07) is 6.23. The molecule has 0 aliphatic carbocycles. The third kappa shape index (κ3) is 1.59. The Bertz CT molecular complexity index is 298. The summed E-state index contributed by atoms with van der Waals surface area (Å²) in [7, 11) is 0. The van der Waals surface area contributed by atoms with Crippen molar-refractivity contribution in [1.82, 2.24) is 0 Å². The fraction of sp³-hybridized carbons (Fsp3) is 0. The van der Waals surface area contributed by atoms with Crippen LogP contribution in [0, 0.1) is 5.21 Å². The summed E-state index contributed by atoms with van der Waals surface area (Å²) >= 11 is 4.30. The first-order chi connectivity index (χ1) is 5.25. The number of hydrogen-bond donors (Lipinski definition) is 0. The van der Waals surface area contributed by atoms with Crippen molar-refractivity contribution >= 4 is 24.4 Å². The number of carbonyl (C=O) groups excluding carboxylic acids is 1. The molecule has 0 aromatic heterocycles. The number of benzene rings is 1. The molecule has 0 amide bonds. The van der Waals surface area contributed by atoms with Crippen LogP contribution in [0.25, 0.3) is 0 Å². The molecule has 0 spiro atoms. The highest BCUT2D eigenvalue weighted by Gasteiger charge is 2.07. The Labute approximate surface area is 69.0 Å². The van der Waals surface area contributed by atoms with Crippen LogP contribution in [0.15, 0.2) is 24.3 Å². The van der Waals surface area contributed by atoms with Gasteiger partial charge in [-0.25, -0.2) is 0 Å². The highest BCUT2D eigenvalue weighted by Crippen LogP contribution is 2.14. The van der Waals surface area contributed by atoms with Crippen LogP contribution in [0.4, 0.5) is 5.69 Å². The van der Waals surface area contributed by atoms with Crippen molar-refractivity contribution in [3.8, 4) is 0 Å². The Morgan fingerprint density at radius 2 is 2.09 bits per heavy atom. The third-order valence-corrected chi connectivity index (χ3v) is 1.41. The first-order valence-corrected chi connectivity index (χ1v) is 3.24. The Morgan fingerprint density at radius 1 is 1.45 bits per heavy atom. The molecule has 0 saturated heterocycles. The molecule has 0 bridgehead atoms. The minimum absolute atomic E-state index is 0.164. The zero-order chi connectivity index (χ0) is 8.27. The number of hydrogen-bond acceptors (Lipinski definition) is 3. The standard InChI is InChI=1S/C7H4NO2S/c9-5-6-3-1-2-4-7(6)8(10)11/h1-4H. The lowest BCUT2D eigenvalue weighted by molar-refractivity contribution is -0.325. The molecule has 0 N–H and O–H groups in total. The van der Waals surface area contributed by atoms with Crippen LogP contribution in [0.5, 0.6) is 0 Å². The largest absolute Gasteiger partial charge is 0.605 e. The first kappa shape index (κ1) is 7.81. The minimum atomic E-state index is 0.164. The average molecular weight is 166 g/mol. The van der Waals surface area contributed by atoms with Gasteiger partial charge >= 0.3 is 0 Å². The lowest BCUT2D eigenvalue weighted by Crippen LogP contribution is -1.93. The van der Waals surface area contributed by atoms with Gasteiger partial charge in [0.25, 0.3) is 12.4 Å². The van der Waals surface area contributed by atoms with Gasteiger partial charge < -0.3 is 5.21 Å². The Morgan fingerprint density at radius 3 is 2.55 bits per heavy atom. The minimum Gasteiger partial charge on any atom is -0.605 e. The van der Waals surface area contributed by atoms with Gasteiger partial charge in [-0.05, 0) is 6.07 Å². The topological polar surface area (TPSA) is 43.1 Å². The summed E-state index contributed by atoms with van der Waals surface area (Å²) < 4.78 is 0.222. The van der Waals surface area contributed by atoms with E-state index in [1.54, 1.807) is 18.4 Å².